The van der Waals surface area contributed by atoms with Gasteiger partial charge in [-0.05, 0) is 59.0 Å². The predicted octanol–water partition coefficient (Wildman–Crippen LogP) is 2.31. The first kappa shape index (κ1) is 15.1. The molecule has 0 radical (unpaired) electrons. The quantitative estimate of drug-likeness (QED) is 0.744. The van der Waals surface area contributed by atoms with E-state index in [0.29, 0.717) is 11.8 Å². The van der Waals surface area contributed by atoms with Gasteiger partial charge in [-0.1, -0.05) is 6.07 Å². The Morgan fingerprint density at radius 3 is 2.53 bits per heavy atom. The van der Waals surface area contributed by atoms with Crippen LogP contribution in [0.25, 0.3) is 0 Å². The van der Waals surface area contributed by atoms with Crippen molar-refractivity contribution in [1.29, 1.82) is 0 Å². The molecule has 0 aliphatic carbocycles. The molecule has 104 valence electrons. The summed E-state index contributed by atoms with van der Waals surface area (Å²) in [5.74, 6) is 1.53. The molecule has 2 aliphatic heterocycles. The molecule has 1 amide bonds. The fourth-order valence-electron chi connectivity index (χ4n) is 2.93. The maximum Gasteiger partial charge on any atom is 0.253 e. The Kier molecular flexibility index (Phi) is 4.74. The van der Waals surface area contributed by atoms with Gasteiger partial charge in [0, 0.05) is 35.3 Å². The Hall–Kier alpha value is -0.330. The molecule has 2 saturated heterocycles. The number of rotatable bonds is 1. The van der Waals surface area contributed by atoms with Gasteiger partial charge in [-0.15, -0.1) is 12.4 Å². The van der Waals surface area contributed by atoms with Crippen LogP contribution in [0.1, 0.15) is 15.9 Å². The van der Waals surface area contributed by atoms with Crippen molar-refractivity contribution in [3.63, 3.8) is 0 Å². The van der Waals surface area contributed by atoms with Crippen molar-refractivity contribution < 1.29 is 4.79 Å². The maximum absolute atomic E-state index is 12.4. The number of carbonyl (C=O) groups is 1. The fraction of sp³-hybridized carbons (Fsp3) is 0.500. The second kappa shape index (κ2) is 5.97. The molecule has 2 aliphatic rings. The summed E-state index contributed by atoms with van der Waals surface area (Å²) in [7, 11) is 0. The van der Waals surface area contributed by atoms with E-state index in [-0.39, 0.29) is 18.3 Å². The summed E-state index contributed by atoms with van der Waals surface area (Å²) < 4.78 is 1.17. The highest BCUT2D eigenvalue weighted by Gasteiger charge is 2.38. The van der Waals surface area contributed by atoms with Crippen LogP contribution < -0.4 is 5.32 Å². The first-order valence-corrected chi connectivity index (χ1v) is 7.49. The molecule has 1 aromatic carbocycles. The zero-order valence-corrected chi connectivity index (χ0v) is 13.8. The first-order chi connectivity index (χ1) is 8.65. The van der Waals surface area contributed by atoms with Crippen LogP contribution >= 0.6 is 35.0 Å². The molecular weight excluding hydrogens is 375 g/mol. The van der Waals surface area contributed by atoms with E-state index in [1.54, 1.807) is 0 Å². The number of benzene rings is 1. The molecule has 2 fully saturated rings. The van der Waals surface area contributed by atoms with Crippen LogP contribution in [-0.2, 0) is 0 Å². The number of likely N-dealkylation sites (tertiary alicyclic amines) is 1. The summed E-state index contributed by atoms with van der Waals surface area (Å²) in [6.07, 6.45) is 0. The fourth-order valence-corrected chi connectivity index (χ4v) is 3.44. The Labute approximate surface area is 133 Å². The van der Waals surface area contributed by atoms with Gasteiger partial charge in [-0.3, -0.25) is 4.79 Å². The molecule has 3 rings (SSSR count). The van der Waals surface area contributed by atoms with Gasteiger partial charge in [0.2, 0.25) is 0 Å². The number of fused-ring (bicyclic) bond motifs is 1. The Morgan fingerprint density at radius 1 is 1.32 bits per heavy atom. The zero-order chi connectivity index (χ0) is 12.7. The van der Waals surface area contributed by atoms with Crippen molar-refractivity contribution in [1.82, 2.24) is 10.2 Å². The average molecular weight is 393 g/mol. The molecule has 0 bridgehead atoms. The second-order valence-corrected chi connectivity index (χ2v) is 6.51. The predicted molar refractivity (Wildman–Crippen MR) is 86.9 cm³/mol. The van der Waals surface area contributed by atoms with E-state index in [4.69, 9.17) is 0 Å². The van der Waals surface area contributed by atoms with Crippen molar-refractivity contribution in [2.45, 2.75) is 6.92 Å². The number of hydrogen-bond donors (Lipinski definition) is 1. The summed E-state index contributed by atoms with van der Waals surface area (Å²) in [4.78, 5) is 14.5. The van der Waals surface area contributed by atoms with Crippen molar-refractivity contribution in [2.24, 2.45) is 11.8 Å². The highest BCUT2D eigenvalue weighted by Crippen LogP contribution is 2.27. The molecule has 5 heteroatoms. The van der Waals surface area contributed by atoms with E-state index in [1.165, 1.54) is 9.13 Å². The van der Waals surface area contributed by atoms with Crippen LogP contribution in [0, 0.1) is 22.3 Å². The summed E-state index contributed by atoms with van der Waals surface area (Å²) in [6.45, 7) is 6.05. The third-order valence-corrected chi connectivity index (χ3v) is 5.26. The monoisotopic (exact) mass is 392 g/mol. The summed E-state index contributed by atoms with van der Waals surface area (Å²) in [6, 6.07) is 5.99. The second-order valence-electron chi connectivity index (χ2n) is 5.35. The summed E-state index contributed by atoms with van der Waals surface area (Å²) >= 11 is 2.29. The highest BCUT2D eigenvalue weighted by molar-refractivity contribution is 14.1. The third-order valence-electron chi connectivity index (χ3n) is 4.10. The Morgan fingerprint density at radius 2 is 1.95 bits per heavy atom. The molecule has 19 heavy (non-hydrogen) atoms. The van der Waals surface area contributed by atoms with Crippen LogP contribution in [0.2, 0.25) is 0 Å². The lowest BCUT2D eigenvalue weighted by atomic mass is 10.0. The number of nitrogens with one attached hydrogen (secondary N) is 1. The van der Waals surface area contributed by atoms with E-state index in [0.717, 1.165) is 31.7 Å². The first-order valence-electron chi connectivity index (χ1n) is 6.41. The molecule has 0 spiro atoms. The van der Waals surface area contributed by atoms with Crippen molar-refractivity contribution in [2.75, 3.05) is 26.2 Å². The van der Waals surface area contributed by atoms with Crippen LogP contribution in [0.5, 0.6) is 0 Å². The highest BCUT2D eigenvalue weighted by atomic mass is 127. The smallest absolute Gasteiger partial charge is 0.253 e. The van der Waals surface area contributed by atoms with E-state index in [1.807, 2.05) is 23.1 Å². The van der Waals surface area contributed by atoms with Gasteiger partial charge in [0.05, 0.1) is 0 Å². The van der Waals surface area contributed by atoms with Gasteiger partial charge in [0.1, 0.15) is 0 Å². The molecule has 1 N–H and O–H groups in total. The van der Waals surface area contributed by atoms with Gasteiger partial charge >= 0.3 is 0 Å². The van der Waals surface area contributed by atoms with Gasteiger partial charge in [-0.2, -0.15) is 0 Å². The van der Waals surface area contributed by atoms with Crippen LogP contribution in [0.15, 0.2) is 18.2 Å². The lowest BCUT2D eigenvalue weighted by Gasteiger charge is -2.18. The van der Waals surface area contributed by atoms with Crippen molar-refractivity contribution in [3.8, 4) is 0 Å². The van der Waals surface area contributed by atoms with Gasteiger partial charge in [0.15, 0.2) is 0 Å². The number of aryl methyl sites for hydroxylation is 1. The Bertz CT molecular complexity index is 482. The van der Waals surface area contributed by atoms with Crippen molar-refractivity contribution >= 4 is 40.9 Å². The molecular formula is C14H18ClIN2O. The number of nitrogens with zero attached hydrogens (tertiary/aromatic N) is 1. The van der Waals surface area contributed by atoms with Gasteiger partial charge in [0.25, 0.3) is 5.91 Å². The minimum absolute atomic E-state index is 0. The van der Waals surface area contributed by atoms with Crippen molar-refractivity contribution in [3.05, 3.63) is 32.9 Å². The lowest BCUT2D eigenvalue weighted by molar-refractivity contribution is 0.0781. The zero-order valence-electron chi connectivity index (χ0n) is 10.9. The van der Waals surface area contributed by atoms with Gasteiger partial charge < -0.3 is 10.2 Å². The largest absolute Gasteiger partial charge is 0.338 e. The third kappa shape index (κ3) is 2.90. The number of carbonyl (C=O) groups excluding carboxylic acids is 1. The molecule has 2 heterocycles. The lowest BCUT2D eigenvalue weighted by Crippen LogP contribution is -2.31. The number of hydrogen-bond acceptors (Lipinski definition) is 2. The average Bonchev–Trinajstić information content (AvgIpc) is 2.92. The Balaban J connectivity index is 0.00000133. The normalized spacial score (nSPS) is 25.1. The standard InChI is InChI=1S/C14H17IN2O.ClH/c1-9-2-3-10(4-13(9)15)14(18)17-7-11-5-16-6-12(11)8-17;/h2-4,11-12,16H,5-8H2,1H3;1H/t11-,12+;. The minimum atomic E-state index is 0. The summed E-state index contributed by atoms with van der Waals surface area (Å²) in [5.41, 5.74) is 2.06. The number of halogens is 2. The molecule has 3 nitrogen and oxygen atoms in total. The molecule has 1 aromatic rings. The maximum atomic E-state index is 12.4. The van der Waals surface area contributed by atoms with E-state index in [2.05, 4.69) is 34.8 Å². The molecule has 0 unspecified atom stereocenters. The van der Waals surface area contributed by atoms with E-state index >= 15 is 0 Å². The van der Waals surface area contributed by atoms with E-state index in [9.17, 15) is 4.79 Å². The SMILES string of the molecule is Cc1ccc(C(=O)N2C[C@H]3CNC[C@H]3C2)cc1I.Cl. The molecule has 2 atom stereocenters. The van der Waals surface area contributed by atoms with Crippen LogP contribution in [0.3, 0.4) is 0 Å². The minimum Gasteiger partial charge on any atom is -0.338 e. The van der Waals surface area contributed by atoms with Gasteiger partial charge in [-0.25, -0.2) is 0 Å². The van der Waals surface area contributed by atoms with Crippen LogP contribution in [-0.4, -0.2) is 37.0 Å². The topological polar surface area (TPSA) is 32.3 Å². The summed E-state index contributed by atoms with van der Waals surface area (Å²) in [5, 5.41) is 3.40. The van der Waals surface area contributed by atoms with E-state index < -0.39 is 0 Å². The molecule has 0 aromatic heterocycles. The molecule has 0 saturated carbocycles. The van der Waals surface area contributed by atoms with Crippen LogP contribution in [0.4, 0.5) is 0 Å². The number of amides is 1.